The molecule has 7 nitrogen and oxygen atoms in total. The molecule has 1 aliphatic rings. The van der Waals surface area contributed by atoms with E-state index in [1.807, 2.05) is 20.8 Å². The van der Waals surface area contributed by atoms with Gasteiger partial charge in [-0.3, -0.25) is 9.59 Å². The summed E-state index contributed by atoms with van der Waals surface area (Å²) < 4.78 is 16.0. The Bertz CT molecular complexity index is 732. The maximum atomic E-state index is 12.7. The van der Waals surface area contributed by atoms with Crippen LogP contribution in [-0.4, -0.2) is 61.3 Å². The van der Waals surface area contributed by atoms with Crippen LogP contribution in [0.5, 0.6) is 17.2 Å². The Hall–Kier alpha value is -2.35. The van der Waals surface area contributed by atoms with Crippen LogP contribution in [0.1, 0.15) is 26.3 Å². The van der Waals surface area contributed by atoms with Crippen LogP contribution in [0.15, 0.2) is 18.2 Å². The molecule has 1 aromatic rings. The van der Waals surface area contributed by atoms with E-state index in [9.17, 15) is 9.59 Å². The summed E-state index contributed by atoms with van der Waals surface area (Å²) in [6.45, 7) is 5.76. The van der Waals surface area contributed by atoms with Crippen molar-refractivity contribution in [3.05, 3.63) is 23.8 Å². The number of hydrogen-bond donors (Lipinski definition) is 1. The third kappa shape index (κ3) is 5.34. The molecule has 8 heteroatoms. The van der Waals surface area contributed by atoms with Crippen molar-refractivity contribution in [1.82, 2.24) is 10.2 Å². The average Bonchev–Trinajstić information content (AvgIpc) is 3.13. The first-order valence-electron chi connectivity index (χ1n) is 8.88. The summed E-state index contributed by atoms with van der Waals surface area (Å²) in [6.07, 6.45) is 3.14. The first-order chi connectivity index (χ1) is 13.2. The summed E-state index contributed by atoms with van der Waals surface area (Å²) in [5, 5.41) is 2.95. The number of carbonyl (C=O) groups is 2. The van der Waals surface area contributed by atoms with Gasteiger partial charge in [0.05, 0.1) is 27.2 Å². The predicted molar refractivity (Wildman–Crippen MR) is 111 cm³/mol. The van der Waals surface area contributed by atoms with Crippen LogP contribution in [0.3, 0.4) is 0 Å². The molecule has 1 aromatic carbocycles. The van der Waals surface area contributed by atoms with E-state index >= 15 is 0 Å². The van der Waals surface area contributed by atoms with E-state index in [0.717, 1.165) is 5.56 Å². The molecular formula is C20H28N2O5S. The van der Waals surface area contributed by atoms with Crippen LogP contribution in [-0.2, 0) is 9.59 Å². The Balaban J connectivity index is 2.17. The first kappa shape index (κ1) is 21.9. The third-order valence-corrected chi connectivity index (χ3v) is 5.08. The van der Waals surface area contributed by atoms with Crippen molar-refractivity contribution in [1.29, 1.82) is 0 Å². The highest BCUT2D eigenvalue weighted by Crippen LogP contribution is 2.38. The lowest BCUT2D eigenvalue weighted by Gasteiger charge is -2.27. The van der Waals surface area contributed by atoms with E-state index in [2.05, 4.69) is 5.32 Å². The molecular weight excluding hydrogens is 380 g/mol. The van der Waals surface area contributed by atoms with Crippen molar-refractivity contribution in [2.24, 2.45) is 0 Å². The summed E-state index contributed by atoms with van der Waals surface area (Å²) >= 11 is 1.57. The van der Waals surface area contributed by atoms with E-state index < -0.39 is 6.04 Å². The van der Waals surface area contributed by atoms with Gasteiger partial charge >= 0.3 is 0 Å². The number of methoxy groups -OCH3 is 3. The minimum Gasteiger partial charge on any atom is -0.493 e. The molecule has 2 rings (SSSR count). The van der Waals surface area contributed by atoms with Crippen LogP contribution in [0.4, 0.5) is 0 Å². The number of carbonyl (C=O) groups excluding carboxylic acids is 2. The van der Waals surface area contributed by atoms with Gasteiger partial charge in [0.1, 0.15) is 6.04 Å². The van der Waals surface area contributed by atoms with Crippen LogP contribution in [0.2, 0.25) is 0 Å². The molecule has 0 radical (unpaired) electrons. The minimum atomic E-state index is -0.471. The van der Waals surface area contributed by atoms with Crippen LogP contribution in [0.25, 0.3) is 6.08 Å². The monoisotopic (exact) mass is 408 g/mol. The fourth-order valence-electron chi connectivity index (χ4n) is 2.79. The molecule has 1 atom stereocenters. The lowest BCUT2D eigenvalue weighted by Crippen LogP contribution is -2.52. The maximum absolute atomic E-state index is 12.7. The van der Waals surface area contributed by atoms with Crippen molar-refractivity contribution in [2.75, 3.05) is 33.0 Å². The Morgan fingerprint density at radius 2 is 1.75 bits per heavy atom. The molecule has 0 aromatic heterocycles. The maximum Gasteiger partial charge on any atom is 0.247 e. The molecule has 0 aliphatic carbocycles. The zero-order valence-electron chi connectivity index (χ0n) is 17.2. The number of rotatable bonds is 6. The fourth-order valence-corrected chi connectivity index (χ4v) is 3.95. The molecule has 1 unspecified atom stereocenters. The van der Waals surface area contributed by atoms with Gasteiger partial charge in [0, 0.05) is 17.4 Å². The summed E-state index contributed by atoms with van der Waals surface area (Å²) in [5.74, 6) is 2.23. The second-order valence-corrected chi connectivity index (χ2v) is 8.35. The van der Waals surface area contributed by atoms with Gasteiger partial charge in [0.15, 0.2) is 11.5 Å². The second-order valence-electron chi connectivity index (χ2n) is 7.35. The van der Waals surface area contributed by atoms with E-state index in [0.29, 0.717) is 28.9 Å². The van der Waals surface area contributed by atoms with Gasteiger partial charge in [-0.1, -0.05) is 0 Å². The molecule has 1 N–H and O–H groups in total. The van der Waals surface area contributed by atoms with Gasteiger partial charge in [-0.25, -0.2) is 0 Å². The Morgan fingerprint density at radius 3 is 2.25 bits per heavy atom. The van der Waals surface area contributed by atoms with Crippen molar-refractivity contribution in [2.45, 2.75) is 32.4 Å². The van der Waals surface area contributed by atoms with Crippen molar-refractivity contribution in [3.8, 4) is 17.2 Å². The fraction of sp³-hybridized carbons (Fsp3) is 0.500. The topological polar surface area (TPSA) is 77.1 Å². The van der Waals surface area contributed by atoms with E-state index in [1.54, 1.807) is 34.9 Å². The van der Waals surface area contributed by atoms with Gasteiger partial charge < -0.3 is 24.4 Å². The van der Waals surface area contributed by atoms with Crippen molar-refractivity contribution >= 4 is 29.7 Å². The number of ether oxygens (including phenoxy) is 3. The largest absolute Gasteiger partial charge is 0.493 e. The number of nitrogens with zero attached hydrogens (tertiary/aromatic N) is 1. The molecule has 1 saturated heterocycles. The van der Waals surface area contributed by atoms with E-state index in [4.69, 9.17) is 14.2 Å². The number of benzene rings is 1. The van der Waals surface area contributed by atoms with Crippen molar-refractivity contribution < 1.29 is 23.8 Å². The molecule has 0 bridgehead atoms. The first-order valence-corrected chi connectivity index (χ1v) is 10.0. The molecule has 154 valence electrons. The Kier molecular flexibility index (Phi) is 7.23. The Labute approximate surface area is 170 Å². The molecule has 1 heterocycles. The molecule has 0 spiro atoms. The third-order valence-electron chi connectivity index (χ3n) is 4.07. The predicted octanol–water partition coefficient (Wildman–Crippen LogP) is 2.54. The molecule has 1 fully saturated rings. The molecule has 0 saturated carbocycles. The number of nitrogens with one attached hydrogen (secondary N) is 1. The quantitative estimate of drug-likeness (QED) is 0.729. The smallest absolute Gasteiger partial charge is 0.247 e. The van der Waals surface area contributed by atoms with Crippen LogP contribution >= 0.6 is 11.8 Å². The zero-order valence-corrected chi connectivity index (χ0v) is 18.0. The average molecular weight is 409 g/mol. The summed E-state index contributed by atoms with van der Waals surface area (Å²) in [6, 6.07) is 3.04. The summed E-state index contributed by atoms with van der Waals surface area (Å²) in [4.78, 5) is 26.8. The standard InChI is InChI=1S/C20H28N2O5S/c1-20(2,3)21-19(24)14-11-28-12-22(14)17(23)8-7-13-9-15(25-4)18(27-6)16(10-13)26-5/h7-10,14H,11-12H2,1-6H3,(H,21,24)/b8-7+. The lowest BCUT2D eigenvalue weighted by atomic mass is 10.1. The van der Waals surface area contributed by atoms with Gasteiger partial charge in [0.25, 0.3) is 0 Å². The molecule has 2 amide bonds. The highest BCUT2D eigenvalue weighted by molar-refractivity contribution is 7.99. The lowest BCUT2D eigenvalue weighted by molar-refractivity contribution is -0.135. The number of hydrogen-bond acceptors (Lipinski definition) is 6. The van der Waals surface area contributed by atoms with E-state index in [-0.39, 0.29) is 17.4 Å². The highest BCUT2D eigenvalue weighted by Gasteiger charge is 2.35. The van der Waals surface area contributed by atoms with Gasteiger partial charge in [-0.2, -0.15) is 0 Å². The second kappa shape index (κ2) is 9.23. The highest BCUT2D eigenvalue weighted by atomic mass is 32.2. The number of thioether (sulfide) groups is 1. The molecule has 1 aliphatic heterocycles. The van der Waals surface area contributed by atoms with E-state index in [1.165, 1.54) is 27.4 Å². The number of amides is 2. The van der Waals surface area contributed by atoms with Crippen molar-refractivity contribution in [3.63, 3.8) is 0 Å². The Morgan fingerprint density at radius 1 is 1.14 bits per heavy atom. The van der Waals surface area contributed by atoms with Crippen LogP contribution in [0, 0.1) is 0 Å². The normalized spacial score (nSPS) is 16.9. The van der Waals surface area contributed by atoms with Crippen LogP contribution < -0.4 is 19.5 Å². The van der Waals surface area contributed by atoms with Gasteiger partial charge in [-0.15, -0.1) is 11.8 Å². The summed E-state index contributed by atoms with van der Waals surface area (Å²) in [5.41, 5.74) is 0.385. The van der Waals surface area contributed by atoms with Gasteiger partial charge in [-0.05, 0) is 44.5 Å². The SMILES string of the molecule is COc1cc(/C=C/C(=O)N2CSCC2C(=O)NC(C)(C)C)cc(OC)c1OC. The zero-order chi connectivity index (χ0) is 20.9. The molecule has 28 heavy (non-hydrogen) atoms. The summed E-state index contributed by atoms with van der Waals surface area (Å²) in [7, 11) is 4.61. The minimum absolute atomic E-state index is 0.132. The van der Waals surface area contributed by atoms with Gasteiger partial charge in [0.2, 0.25) is 17.6 Å².